The standard InChI is InChI=1S/C21H19ClN4O4S/c1-3-30-15-7-8-17(18(10-15)26(28)29)24-20(27)19-16(22)11-23-21(25-19)31-12-14-6-4-5-13(2)9-14/h4-11H,3,12H2,1-2H3,(H,24,27). The number of hydrogen-bond acceptors (Lipinski definition) is 7. The van der Waals surface area contributed by atoms with Crippen molar-refractivity contribution in [2.24, 2.45) is 0 Å². The molecule has 1 heterocycles. The lowest BCUT2D eigenvalue weighted by Gasteiger charge is -2.09. The lowest BCUT2D eigenvalue weighted by molar-refractivity contribution is -0.384. The largest absolute Gasteiger partial charge is 0.494 e. The number of thioether (sulfide) groups is 1. The molecule has 2 aromatic carbocycles. The van der Waals surface area contributed by atoms with E-state index in [1.54, 1.807) is 6.92 Å². The smallest absolute Gasteiger partial charge is 0.296 e. The van der Waals surface area contributed by atoms with Crippen LogP contribution in [0.2, 0.25) is 5.02 Å². The van der Waals surface area contributed by atoms with Gasteiger partial charge in [-0.25, -0.2) is 9.97 Å². The summed E-state index contributed by atoms with van der Waals surface area (Å²) >= 11 is 7.47. The van der Waals surface area contributed by atoms with E-state index in [1.807, 2.05) is 25.1 Å². The zero-order chi connectivity index (χ0) is 22.4. The molecule has 1 N–H and O–H groups in total. The maximum Gasteiger partial charge on any atom is 0.296 e. The summed E-state index contributed by atoms with van der Waals surface area (Å²) in [4.78, 5) is 32.0. The number of halogens is 1. The highest BCUT2D eigenvalue weighted by molar-refractivity contribution is 7.98. The van der Waals surface area contributed by atoms with Crippen LogP contribution in [0.1, 0.15) is 28.5 Å². The number of nitrogens with zero attached hydrogens (tertiary/aromatic N) is 3. The Morgan fingerprint density at radius 2 is 2.10 bits per heavy atom. The molecular formula is C21H19ClN4O4S. The van der Waals surface area contributed by atoms with Gasteiger partial charge in [-0.1, -0.05) is 53.2 Å². The van der Waals surface area contributed by atoms with Gasteiger partial charge in [0.15, 0.2) is 10.9 Å². The van der Waals surface area contributed by atoms with Gasteiger partial charge in [0.05, 0.1) is 28.8 Å². The molecule has 0 saturated heterocycles. The monoisotopic (exact) mass is 458 g/mol. The molecule has 1 amide bonds. The minimum atomic E-state index is -0.669. The summed E-state index contributed by atoms with van der Waals surface area (Å²) in [6.07, 6.45) is 1.34. The summed E-state index contributed by atoms with van der Waals surface area (Å²) in [6, 6.07) is 12.2. The van der Waals surface area contributed by atoms with Gasteiger partial charge in [-0.2, -0.15) is 0 Å². The highest BCUT2D eigenvalue weighted by atomic mass is 35.5. The zero-order valence-corrected chi connectivity index (χ0v) is 18.4. The van der Waals surface area contributed by atoms with E-state index in [2.05, 4.69) is 21.4 Å². The van der Waals surface area contributed by atoms with E-state index >= 15 is 0 Å². The molecule has 31 heavy (non-hydrogen) atoms. The topological polar surface area (TPSA) is 107 Å². The minimum Gasteiger partial charge on any atom is -0.494 e. The molecule has 0 unspecified atom stereocenters. The van der Waals surface area contributed by atoms with Crippen LogP contribution in [0.5, 0.6) is 5.75 Å². The average Bonchev–Trinajstić information content (AvgIpc) is 2.74. The van der Waals surface area contributed by atoms with E-state index in [1.165, 1.54) is 36.2 Å². The Morgan fingerprint density at radius 1 is 1.29 bits per heavy atom. The summed E-state index contributed by atoms with van der Waals surface area (Å²) in [7, 11) is 0. The number of amides is 1. The molecule has 10 heteroatoms. The van der Waals surface area contributed by atoms with Crippen molar-refractivity contribution < 1.29 is 14.5 Å². The summed E-state index contributed by atoms with van der Waals surface area (Å²) in [5.74, 6) is 0.286. The van der Waals surface area contributed by atoms with Crippen molar-refractivity contribution in [3.63, 3.8) is 0 Å². The molecule has 0 atom stereocenters. The second-order valence-electron chi connectivity index (χ2n) is 6.45. The third kappa shape index (κ3) is 5.93. The molecule has 0 saturated carbocycles. The second kappa shape index (κ2) is 10.2. The predicted octanol–water partition coefficient (Wildman–Crippen LogP) is 5.29. The number of aromatic nitrogens is 2. The van der Waals surface area contributed by atoms with E-state index in [-0.39, 0.29) is 22.1 Å². The van der Waals surface area contributed by atoms with E-state index in [0.29, 0.717) is 23.3 Å². The maximum absolute atomic E-state index is 12.7. The number of carbonyl (C=O) groups is 1. The Bertz CT molecular complexity index is 1130. The molecule has 0 fully saturated rings. The van der Waals surface area contributed by atoms with E-state index in [0.717, 1.165) is 11.1 Å². The van der Waals surface area contributed by atoms with Gasteiger partial charge in [-0.05, 0) is 31.5 Å². The predicted molar refractivity (Wildman–Crippen MR) is 120 cm³/mol. The van der Waals surface area contributed by atoms with Crippen LogP contribution in [0, 0.1) is 17.0 Å². The fraction of sp³-hybridized carbons (Fsp3) is 0.190. The summed E-state index contributed by atoms with van der Waals surface area (Å²) < 4.78 is 5.29. The Labute approximate surface area is 188 Å². The summed E-state index contributed by atoms with van der Waals surface area (Å²) in [6.45, 7) is 4.14. The number of hydrogen-bond donors (Lipinski definition) is 1. The fourth-order valence-electron chi connectivity index (χ4n) is 2.74. The molecule has 8 nitrogen and oxygen atoms in total. The molecule has 0 bridgehead atoms. The van der Waals surface area contributed by atoms with Crippen LogP contribution in [0.3, 0.4) is 0 Å². The molecule has 3 aromatic rings. The maximum atomic E-state index is 12.7. The van der Waals surface area contributed by atoms with E-state index in [4.69, 9.17) is 16.3 Å². The minimum absolute atomic E-state index is 0.0158. The highest BCUT2D eigenvalue weighted by Gasteiger charge is 2.21. The van der Waals surface area contributed by atoms with Crippen LogP contribution in [-0.2, 0) is 5.75 Å². The molecular weight excluding hydrogens is 440 g/mol. The number of nitrogens with one attached hydrogen (secondary N) is 1. The SMILES string of the molecule is CCOc1ccc(NC(=O)c2nc(SCc3cccc(C)c3)ncc2Cl)c([N+](=O)[O-])c1. The number of carbonyl (C=O) groups excluding carboxylic acids is 1. The number of rotatable bonds is 8. The van der Waals surface area contributed by atoms with Gasteiger partial charge in [0.2, 0.25) is 0 Å². The van der Waals surface area contributed by atoms with Gasteiger partial charge < -0.3 is 10.1 Å². The van der Waals surface area contributed by atoms with Crippen molar-refractivity contribution >= 4 is 40.6 Å². The van der Waals surface area contributed by atoms with Crippen molar-refractivity contribution in [3.8, 4) is 5.75 Å². The van der Waals surface area contributed by atoms with E-state index in [9.17, 15) is 14.9 Å². The zero-order valence-electron chi connectivity index (χ0n) is 16.8. The van der Waals surface area contributed by atoms with E-state index < -0.39 is 10.8 Å². The Kier molecular flexibility index (Phi) is 7.43. The lowest BCUT2D eigenvalue weighted by atomic mass is 10.2. The first-order valence-electron chi connectivity index (χ1n) is 9.31. The van der Waals surface area contributed by atoms with Crippen molar-refractivity contribution in [1.29, 1.82) is 0 Å². The van der Waals surface area contributed by atoms with Crippen LogP contribution in [-0.4, -0.2) is 27.4 Å². The average molecular weight is 459 g/mol. The van der Waals surface area contributed by atoms with Gasteiger partial charge in [-0.3, -0.25) is 14.9 Å². The third-order valence-corrected chi connectivity index (χ3v) is 5.32. The summed E-state index contributed by atoms with van der Waals surface area (Å²) in [5, 5.41) is 14.3. The number of ether oxygens (including phenoxy) is 1. The number of aryl methyl sites for hydroxylation is 1. The highest BCUT2D eigenvalue weighted by Crippen LogP contribution is 2.30. The van der Waals surface area contributed by atoms with Gasteiger partial charge in [0, 0.05) is 5.75 Å². The number of nitro groups is 1. The second-order valence-corrected chi connectivity index (χ2v) is 7.80. The lowest BCUT2D eigenvalue weighted by Crippen LogP contribution is -2.16. The molecule has 0 aliphatic heterocycles. The fourth-order valence-corrected chi connectivity index (χ4v) is 3.67. The molecule has 0 aliphatic rings. The molecule has 0 spiro atoms. The van der Waals surface area contributed by atoms with Gasteiger partial charge >= 0.3 is 0 Å². The van der Waals surface area contributed by atoms with Gasteiger partial charge in [0.1, 0.15) is 11.4 Å². The molecule has 0 radical (unpaired) electrons. The van der Waals surface area contributed by atoms with Crippen molar-refractivity contribution in [2.45, 2.75) is 24.8 Å². The van der Waals surface area contributed by atoms with Gasteiger partial charge in [-0.15, -0.1) is 0 Å². The summed E-state index contributed by atoms with van der Waals surface area (Å²) in [5.41, 5.74) is 1.90. The number of nitro benzene ring substituents is 1. The molecule has 160 valence electrons. The first-order valence-corrected chi connectivity index (χ1v) is 10.7. The van der Waals surface area contributed by atoms with Crippen molar-refractivity contribution in [1.82, 2.24) is 9.97 Å². The quantitative estimate of drug-likeness (QED) is 0.211. The molecule has 0 aliphatic carbocycles. The van der Waals surface area contributed by atoms with Crippen LogP contribution in [0.25, 0.3) is 0 Å². The normalized spacial score (nSPS) is 10.5. The van der Waals surface area contributed by atoms with Crippen LogP contribution < -0.4 is 10.1 Å². The van der Waals surface area contributed by atoms with Crippen molar-refractivity contribution in [3.05, 3.63) is 80.6 Å². The Hall–Kier alpha value is -3.17. The molecule has 1 aromatic heterocycles. The van der Waals surface area contributed by atoms with Crippen molar-refractivity contribution in [2.75, 3.05) is 11.9 Å². The Balaban J connectivity index is 1.78. The number of anilines is 1. The third-order valence-electron chi connectivity index (χ3n) is 4.11. The van der Waals surface area contributed by atoms with Crippen LogP contribution >= 0.6 is 23.4 Å². The first kappa shape index (κ1) is 22.5. The van der Waals surface area contributed by atoms with Crippen LogP contribution in [0.15, 0.2) is 53.8 Å². The first-order chi connectivity index (χ1) is 14.9. The van der Waals surface area contributed by atoms with Crippen LogP contribution in [0.4, 0.5) is 11.4 Å². The Morgan fingerprint density at radius 3 is 2.81 bits per heavy atom. The number of benzene rings is 2. The van der Waals surface area contributed by atoms with Gasteiger partial charge in [0.25, 0.3) is 11.6 Å². The molecule has 3 rings (SSSR count).